The molecule has 2 heterocycles. The van der Waals surface area contributed by atoms with E-state index >= 15 is 0 Å². The van der Waals surface area contributed by atoms with Crippen LogP contribution in [0.1, 0.15) is 18.4 Å². The number of rotatable bonds is 4. The molecular weight excluding hydrogens is 334 g/mol. The van der Waals surface area contributed by atoms with Crippen LogP contribution in [-0.4, -0.2) is 42.8 Å². The van der Waals surface area contributed by atoms with E-state index < -0.39 is 17.9 Å². The predicted octanol–water partition coefficient (Wildman–Crippen LogP) is 2.11. The van der Waals surface area contributed by atoms with Gasteiger partial charge in [0.25, 0.3) is 5.91 Å². The van der Waals surface area contributed by atoms with Gasteiger partial charge in [-0.2, -0.15) is 0 Å². The fourth-order valence-electron chi connectivity index (χ4n) is 2.92. The molecule has 2 aliphatic rings. The average molecular weight is 352 g/mol. The minimum absolute atomic E-state index is 0.0912. The highest BCUT2D eigenvalue weighted by Crippen LogP contribution is 2.29. The molecule has 128 valence electrons. The number of carboxylic acids is 1. The van der Waals surface area contributed by atoms with Crippen LogP contribution in [0.5, 0.6) is 5.75 Å². The number of aliphatic carboxylic acids is 1. The Labute approximate surface area is 144 Å². The third-order valence-electron chi connectivity index (χ3n) is 4.20. The monoisotopic (exact) mass is 351 g/mol. The van der Waals surface area contributed by atoms with Crippen LogP contribution in [0.25, 0.3) is 6.08 Å². The van der Waals surface area contributed by atoms with E-state index in [0.29, 0.717) is 41.5 Å². The molecule has 7 heteroatoms. The molecule has 0 aliphatic carbocycles. The first-order valence-electron chi connectivity index (χ1n) is 7.79. The van der Waals surface area contributed by atoms with E-state index in [1.807, 2.05) is 0 Å². The van der Waals surface area contributed by atoms with Crippen LogP contribution < -0.4 is 10.1 Å². The SMILES string of the molecule is O=C(NC(C(=O)O)C1CCCOC1)C1=Cc2cc(Cl)ccc2OC1. The van der Waals surface area contributed by atoms with E-state index in [1.165, 1.54) is 0 Å². The Hall–Kier alpha value is -2.05. The van der Waals surface area contributed by atoms with Crippen molar-refractivity contribution in [3.63, 3.8) is 0 Å². The van der Waals surface area contributed by atoms with Gasteiger partial charge in [-0.1, -0.05) is 11.6 Å². The largest absolute Gasteiger partial charge is 0.488 e. The third kappa shape index (κ3) is 3.71. The van der Waals surface area contributed by atoms with Crippen molar-refractivity contribution < 1.29 is 24.2 Å². The van der Waals surface area contributed by atoms with Crippen LogP contribution in [-0.2, 0) is 14.3 Å². The van der Waals surface area contributed by atoms with Gasteiger partial charge in [0, 0.05) is 23.1 Å². The maximum absolute atomic E-state index is 12.5. The normalized spacial score (nSPS) is 21.0. The maximum Gasteiger partial charge on any atom is 0.326 e. The molecule has 1 fully saturated rings. The minimum atomic E-state index is -1.06. The lowest BCUT2D eigenvalue weighted by molar-refractivity contribution is -0.144. The lowest BCUT2D eigenvalue weighted by atomic mass is 9.93. The number of amides is 1. The molecule has 1 saturated heterocycles. The van der Waals surface area contributed by atoms with Gasteiger partial charge in [0.2, 0.25) is 0 Å². The Bertz CT molecular complexity index is 682. The predicted molar refractivity (Wildman–Crippen MR) is 88.0 cm³/mol. The van der Waals surface area contributed by atoms with E-state index in [0.717, 1.165) is 6.42 Å². The second-order valence-corrected chi connectivity index (χ2v) is 6.34. The Kier molecular flexibility index (Phi) is 5.06. The summed E-state index contributed by atoms with van der Waals surface area (Å²) in [6, 6.07) is 4.18. The Balaban J connectivity index is 1.74. The number of ether oxygens (including phenoxy) is 2. The van der Waals surface area contributed by atoms with Crippen LogP contribution in [0.4, 0.5) is 0 Å². The third-order valence-corrected chi connectivity index (χ3v) is 4.43. The molecular formula is C17H18ClNO5. The Morgan fingerprint density at radius 2 is 2.21 bits per heavy atom. The van der Waals surface area contributed by atoms with Gasteiger partial charge in [-0.05, 0) is 37.1 Å². The second kappa shape index (κ2) is 7.23. The van der Waals surface area contributed by atoms with Crippen molar-refractivity contribution in [3.8, 4) is 5.75 Å². The fourth-order valence-corrected chi connectivity index (χ4v) is 3.10. The second-order valence-electron chi connectivity index (χ2n) is 5.91. The highest BCUT2D eigenvalue weighted by Gasteiger charge is 2.32. The number of nitrogens with one attached hydrogen (secondary N) is 1. The first kappa shape index (κ1) is 16.8. The summed E-state index contributed by atoms with van der Waals surface area (Å²) in [7, 11) is 0. The molecule has 2 atom stereocenters. The summed E-state index contributed by atoms with van der Waals surface area (Å²) in [6.45, 7) is 1.06. The van der Waals surface area contributed by atoms with Gasteiger partial charge in [-0.25, -0.2) is 4.79 Å². The van der Waals surface area contributed by atoms with Crippen molar-refractivity contribution in [1.29, 1.82) is 0 Å². The topological polar surface area (TPSA) is 84.9 Å². The number of carboxylic acid groups (broad SMARTS) is 1. The number of fused-ring (bicyclic) bond motifs is 1. The molecule has 24 heavy (non-hydrogen) atoms. The van der Waals surface area contributed by atoms with Crippen LogP contribution in [0.2, 0.25) is 5.02 Å². The van der Waals surface area contributed by atoms with Gasteiger partial charge in [0.15, 0.2) is 0 Å². The fraction of sp³-hybridized carbons (Fsp3) is 0.412. The molecule has 0 spiro atoms. The summed E-state index contributed by atoms with van der Waals surface area (Å²) in [5, 5.41) is 12.6. The molecule has 1 amide bonds. The number of hydrogen-bond acceptors (Lipinski definition) is 4. The Morgan fingerprint density at radius 1 is 1.38 bits per heavy atom. The molecule has 2 N–H and O–H groups in total. The number of carbonyl (C=O) groups excluding carboxylic acids is 1. The van der Waals surface area contributed by atoms with Gasteiger partial charge in [-0.15, -0.1) is 0 Å². The van der Waals surface area contributed by atoms with Crippen LogP contribution >= 0.6 is 11.6 Å². The molecule has 1 aromatic carbocycles. The van der Waals surface area contributed by atoms with E-state index in [-0.39, 0.29) is 12.5 Å². The molecule has 2 unspecified atom stereocenters. The van der Waals surface area contributed by atoms with Crippen molar-refractivity contribution >= 4 is 29.6 Å². The summed E-state index contributed by atoms with van der Waals surface area (Å²) in [4.78, 5) is 24.0. The van der Waals surface area contributed by atoms with Crippen molar-refractivity contribution in [2.24, 2.45) is 5.92 Å². The zero-order valence-electron chi connectivity index (χ0n) is 13.0. The summed E-state index contributed by atoms with van der Waals surface area (Å²) < 4.78 is 10.9. The van der Waals surface area contributed by atoms with Gasteiger partial charge in [-0.3, -0.25) is 4.79 Å². The zero-order valence-corrected chi connectivity index (χ0v) is 13.7. The summed E-state index contributed by atoms with van der Waals surface area (Å²) in [6.07, 6.45) is 3.18. The van der Waals surface area contributed by atoms with E-state index in [2.05, 4.69) is 5.32 Å². The summed E-state index contributed by atoms with van der Waals surface area (Å²) in [5.74, 6) is -1.09. The smallest absolute Gasteiger partial charge is 0.326 e. The molecule has 0 radical (unpaired) electrons. The molecule has 1 aromatic rings. The maximum atomic E-state index is 12.5. The van der Waals surface area contributed by atoms with Crippen LogP contribution in [0.3, 0.4) is 0 Å². The number of benzene rings is 1. The van der Waals surface area contributed by atoms with E-state index in [4.69, 9.17) is 21.1 Å². The van der Waals surface area contributed by atoms with Crippen LogP contribution in [0.15, 0.2) is 23.8 Å². The summed E-state index contributed by atoms with van der Waals surface area (Å²) in [5.41, 5.74) is 1.07. The number of hydrogen-bond donors (Lipinski definition) is 2. The van der Waals surface area contributed by atoms with Gasteiger partial charge in [0.1, 0.15) is 18.4 Å². The van der Waals surface area contributed by atoms with Crippen molar-refractivity contribution in [3.05, 3.63) is 34.4 Å². The highest BCUT2D eigenvalue weighted by atomic mass is 35.5. The number of halogens is 1. The lowest BCUT2D eigenvalue weighted by Crippen LogP contribution is -2.49. The summed E-state index contributed by atoms with van der Waals surface area (Å²) >= 11 is 5.95. The highest BCUT2D eigenvalue weighted by molar-refractivity contribution is 6.30. The minimum Gasteiger partial charge on any atom is -0.488 e. The lowest BCUT2D eigenvalue weighted by Gasteiger charge is -2.28. The molecule has 0 bridgehead atoms. The van der Waals surface area contributed by atoms with E-state index in [1.54, 1.807) is 24.3 Å². The quantitative estimate of drug-likeness (QED) is 0.867. The molecule has 3 rings (SSSR count). The van der Waals surface area contributed by atoms with Crippen molar-refractivity contribution in [1.82, 2.24) is 5.32 Å². The Morgan fingerprint density at radius 3 is 2.92 bits per heavy atom. The molecule has 6 nitrogen and oxygen atoms in total. The molecule has 0 saturated carbocycles. The van der Waals surface area contributed by atoms with Gasteiger partial charge < -0.3 is 19.9 Å². The van der Waals surface area contributed by atoms with Gasteiger partial charge >= 0.3 is 5.97 Å². The molecule has 0 aromatic heterocycles. The van der Waals surface area contributed by atoms with Crippen molar-refractivity contribution in [2.45, 2.75) is 18.9 Å². The number of carbonyl (C=O) groups is 2. The van der Waals surface area contributed by atoms with Crippen LogP contribution in [0, 0.1) is 5.92 Å². The van der Waals surface area contributed by atoms with E-state index in [9.17, 15) is 14.7 Å². The first-order chi connectivity index (χ1) is 11.5. The average Bonchev–Trinajstić information content (AvgIpc) is 2.59. The van der Waals surface area contributed by atoms with Crippen molar-refractivity contribution in [2.75, 3.05) is 19.8 Å². The zero-order chi connectivity index (χ0) is 17.1. The first-order valence-corrected chi connectivity index (χ1v) is 8.17. The van der Waals surface area contributed by atoms with Gasteiger partial charge in [0.05, 0.1) is 12.2 Å². The molecule has 2 aliphatic heterocycles. The standard InChI is InChI=1S/C17H18ClNO5/c18-13-3-4-14-11(7-13)6-12(9-24-14)16(20)19-15(17(21)22)10-2-1-5-23-8-10/h3-4,6-7,10,15H,1-2,5,8-9H2,(H,19,20)(H,21,22).